The average Bonchev–Trinajstić information content (AvgIpc) is 2.95. The lowest BCUT2D eigenvalue weighted by atomic mass is 9.82. The summed E-state index contributed by atoms with van der Waals surface area (Å²) >= 11 is 3.78. The highest BCUT2D eigenvalue weighted by Crippen LogP contribution is 2.34. The number of aromatic nitrogens is 2. The second-order valence-corrected chi connectivity index (χ2v) is 10.0. The van der Waals surface area contributed by atoms with Crippen molar-refractivity contribution < 1.29 is 14.3 Å². The molecule has 1 saturated carbocycles. The van der Waals surface area contributed by atoms with Crippen LogP contribution in [-0.2, 0) is 20.8 Å². The fraction of sp³-hybridized carbons (Fsp3) is 0.583. The molecule has 30 heavy (non-hydrogen) atoms. The Balaban J connectivity index is 1.46. The monoisotopic (exact) mass is 476 g/mol. The number of hydrogen-bond acceptors (Lipinski definition) is 4. The van der Waals surface area contributed by atoms with Crippen LogP contribution >= 0.6 is 15.9 Å². The normalized spacial score (nSPS) is 19.6. The number of ether oxygens (including phenoxy) is 2. The second-order valence-electron chi connectivity index (χ2n) is 9.29. The molecular formula is C24H33BrN2O3. The van der Waals surface area contributed by atoms with Crippen LogP contribution < -0.4 is 0 Å². The minimum absolute atomic E-state index is 0.0406. The quantitative estimate of drug-likeness (QED) is 0.474. The number of benzene rings is 1. The average molecular weight is 477 g/mol. The van der Waals surface area contributed by atoms with Crippen molar-refractivity contribution in [1.29, 1.82) is 0 Å². The SMILES string of the molecule is Cc1nn(C[C@H]2CC[C@H](COCC(=O)OC(C)(C)C)CC2)c(Br)c1-c1ccccc1. The highest BCUT2D eigenvalue weighted by Gasteiger charge is 2.24. The van der Waals surface area contributed by atoms with Gasteiger partial charge in [0.05, 0.1) is 12.3 Å². The van der Waals surface area contributed by atoms with E-state index < -0.39 is 5.60 Å². The van der Waals surface area contributed by atoms with E-state index in [1.807, 2.05) is 26.8 Å². The highest BCUT2D eigenvalue weighted by atomic mass is 79.9. The minimum Gasteiger partial charge on any atom is -0.458 e. The molecule has 0 bridgehead atoms. The van der Waals surface area contributed by atoms with Crippen molar-refractivity contribution in [2.24, 2.45) is 11.8 Å². The van der Waals surface area contributed by atoms with Crippen LogP contribution in [0, 0.1) is 18.8 Å². The molecule has 0 N–H and O–H groups in total. The van der Waals surface area contributed by atoms with Crippen molar-refractivity contribution in [1.82, 2.24) is 9.78 Å². The maximum atomic E-state index is 11.8. The van der Waals surface area contributed by atoms with E-state index in [1.165, 1.54) is 11.1 Å². The first-order valence-corrected chi connectivity index (χ1v) is 11.6. The topological polar surface area (TPSA) is 53.4 Å². The summed E-state index contributed by atoms with van der Waals surface area (Å²) in [5.74, 6) is 0.849. The van der Waals surface area contributed by atoms with Crippen LogP contribution in [0.5, 0.6) is 0 Å². The van der Waals surface area contributed by atoms with E-state index in [4.69, 9.17) is 14.6 Å². The van der Waals surface area contributed by atoms with Crippen molar-refractivity contribution in [3.63, 3.8) is 0 Å². The second kappa shape index (κ2) is 10.1. The van der Waals surface area contributed by atoms with E-state index >= 15 is 0 Å². The zero-order chi connectivity index (χ0) is 21.7. The largest absolute Gasteiger partial charge is 0.458 e. The Bertz CT molecular complexity index is 834. The zero-order valence-corrected chi connectivity index (χ0v) is 20.1. The third kappa shape index (κ3) is 6.42. The van der Waals surface area contributed by atoms with Gasteiger partial charge in [0.2, 0.25) is 0 Å². The van der Waals surface area contributed by atoms with Crippen LogP contribution in [0.3, 0.4) is 0 Å². The Kier molecular flexibility index (Phi) is 7.75. The lowest BCUT2D eigenvalue weighted by molar-refractivity contribution is -0.160. The number of halogens is 1. The molecule has 1 aromatic carbocycles. The van der Waals surface area contributed by atoms with Gasteiger partial charge in [0.25, 0.3) is 0 Å². The van der Waals surface area contributed by atoms with E-state index in [9.17, 15) is 4.79 Å². The molecule has 1 heterocycles. The van der Waals surface area contributed by atoms with Gasteiger partial charge in [0.15, 0.2) is 0 Å². The van der Waals surface area contributed by atoms with Crippen molar-refractivity contribution in [3.8, 4) is 11.1 Å². The van der Waals surface area contributed by atoms with E-state index in [2.05, 4.69) is 51.8 Å². The fourth-order valence-corrected chi connectivity index (χ4v) is 4.85. The van der Waals surface area contributed by atoms with E-state index in [0.29, 0.717) is 18.4 Å². The lowest BCUT2D eigenvalue weighted by Crippen LogP contribution is -2.28. The Labute approximate surface area is 188 Å². The summed E-state index contributed by atoms with van der Waals surface area (Å²) in [6.45, 7) is 9.28. The zero-order valence-electron chi connectivity index (χ0n) is 18.5. The number of carbonyl (C=O) groups excluding carboxylic acids is 1. The van der Waals surface area contributed by atoms with Gasteiger partial charge in [-0.3, -0.25) is 4.68 Å². The standard InChI is InChI=1S/C24H33BrN2O3/c1-17-22(20-8-6-5-7-9-20)23(25)27(26-17)14-18-10-12-19(13-11-18)15-29-16-21(28)30-24(2,3)4/h5-9,18-19H,10-16H2,1-4H3/t18-,19-. The van der Waals surface area contributed by atoms with Crippen molar-refractivity contribution in [2.45, 2.75) is 65.5 Å². The molecule has 6 heteroatoms. The fourth-order valence-electron chi connectivity index (χ4n) is 4.11. The smallest absolute Gasteiger partial charge is 0.332 e. The Morgan fingerprint density at radius 1 is 1.13 bits per heavy atom. The summed E-state index contributed by atoms with van der Waals surface area (Å²) in [7, 11) is 0. The predicted molar refractivity (Wildman–Crippen MR) is 122 cm³/mol. The van der Waals surface area contributed by atoms with Crippen molar-refractivity contribution in [2.75, 3.05) is 13.2 Å². The van der Waals surface area contributed by atoms with Gasteiger partial charge in [-0.05, 0) is 86.7 Å². The minimum atomic E-state index is -0.460. The third-order valence-corrected chi connectivity index (χ3v) is 6.32. The Morgan fingerprint density at radius 2 is 1.77 bits per heavy atom. The van der Waals surface area contributed by atoms with Gasteiger partial charge in [-0.15, -0.1) is 0 Å². The molecule has 1 aliphatic carbocycles. The summed E-state index contributed by atoms with van der Waals surface area (Å²) in [5.41, 5.74) is 2.97. The molecule has 0 saturated heterocycles. The van der Waals surface area contributed by atoms with Crippen LogP contribution in [0.2, 0.25) is 0 Å². The first-order valence-electron chi connectivity index (χ1n) is 10.8. The van der Waals surface area contributed by atoms with Gasteiger partial charge in [-0.2, -0.15) is 5.10 Å². The molecule has 0 amide bonds. The first kappa shape index (κ1) is 23.0. The third-order valence-electron chi connectivity index (χ3n) is 5.52. The van der Waals surface area contributed by atoms with Gasteiger partial charge >= 0.3 is 5.97 Å². The van der Waals surface area contributed by atoms with Crippen molar-refractivity contribution in [3.05, 3.63) is 40.6 Å². The molecule has 3 rings (SSSR count). The number of esters is 1. The maximum Gasteiger partial charge on any atom is 0.332 e. The van der Waals surface area contributed by atoms with E-state index in [0.717, 1.165) is 42.5 Å². The molecular weight excluding hydrogens is 444 g/mol. The molecule has 164 valence electrons. The Hall–Kier alpha value is -1.66. The van der Waals surface area contributed by atoms with Crippen LogP contribution in [0.15, 0.2) is 34.9 Å². The molecule has 5 nitrogen and oxygen atoms in total. The predicted octanol–water partition coefficient (Wildman–Crippen LogP) is 5.79. The maximum absolute atomic E-state index is 11.8. The number of hydrogen-bond donors (Lipinski definition) is 0. The molecule has 0 unspecified atom stereocenters. The molecule has 1 aliphatic rings. The van der Waals surface area contributed by atoms with E-state index in [-0.39, 0.29) is 12.6 Å². The Morgan fingerprint density at radius 3 is 2.40 bits per heavy atom. The molecule has 2 aromatic rings. The van der Waals surface area contributed by atoms with Gasteiger partial charge in [-0.1, -0.05) is 30.3 Å². The van der Waals surface area contributed by atoms with Gasteiger partial charge in [0, 0.05) is 12.1 Å². The summed E-state index contributed by atoms with van der Waals surface area (Å²) in [6.07, 6.45) is 4.57. The summed E-state index contributed by atoms with van der Waals surface area (Å²) in [5, 5.41) is 4.79. The van der Waals surface area contributed by atoms with Gasteiger partial charge in [-0.25, -0.2) is 4.79 Å². The number of carbonyl (C=O) groups is 1. The molecule has 0 radical (unpaired) electrons. The number of aryl methyl sites for hydroxylation is 1. The summed E-state index contributed by atoms with van der Waals surface area (Å²) in [6, 6.07) is 10.4. The highest BCUT2D eigenvalue weighted by molar-refractivity contribution is 9.10. The number of nitrogens with zero attached hydrogens (tertiary/aromatic N) is 2. The van der Waals surface area contributed by atoms with Crippen LogP contribution in [-0.4, -0.2) is 34.6 Å². The van der Waals surface area contributed by atoms with Crippen LogP contribution in [0.1, 0.15) is 52.1 Å². The molecule has 1 aromatic heterocycles. The molecule has 0 aliphatic heterocycles. The van der Waals surface area contributed by atoms with Crippen LogP contribution in [0.4, 0.5) is 0 Å². The lowest BCUT2D eigenvalue weighted by Gasteiger charge is -2.28. The first-order chi connectivity index (χ1) is 14.2. The van der Waals surface area contributed by atoms with Gasteiger partial charge < -0.3 is 9.47 Å². The van der Waals surface area contributed by atoms with E-state index in [1.54, 1.807) is 0 Å². The number of rotatable bonds is 7. The molecule has 1 fully saturated rings. The van der Waals surface area contributed by atoms with Crippen LogP contribution in [0.25, 0.3) is 11.1 Å². The molecule has 0 atom stereocenters. The van der Waals surface area contributed by atoms with Gasteiger partial charge in [0.1, 0.15) is 16.8 Å². The molecule has 0 spiro atoms. The summed E-state index contributed by atoms with van der Waals surface area (Å²) in [4.78, 5) is 11.8. The summed E-state index contributed by atoms with van der Waals surface area (Å²) < 4.78 is 14.1. The van der Waals surface area contributed by atoms with Crippen molar-refractivity contribution >= 4 is 21.9 Å².